The van der Waals surface area contributed by atoms with Gasteiger partial charge in [-0.2, -0.15) is 13.2 Å². The van der Waals surface area contributed by atoms with Gasteiger partial charge in [0.1, 0.15) is 5.82 Å². The molecule has 0 aliphatic rings. The van der Waals surface area contributed by atoms with Crippen molar-refractivity contribution in [1.29, 1.82) is 0 Å². The maximum absolute atomic E-state index is 11.9. The fourth-order valence-corrected chi connectivity index (χ4v) is 1.19. The molecule has 1 unspecified atom stereocenters. The van der Waals surface area contributed by atoms with Crippen LogP contribution in [0.4, 0.5) is 13.2 Å². The van der Waals surface area contributed by atoms with E-state index in [0.717, 1.165) is 5.82 Å². The van der Waals surface area contributed by atoms with Crippen LogP contribution in [0.5, 0.6) is 0 Å². The summed E-state index contributed by atoms with van der Waals surface area (Å²) in [6, 6.07) is 0. The van der Waals surface area contributed by atoms with Crippen molar-refractivity contribution in [1.82, 2.24) is 14.9 Å². The highest BCUT2D eigenvalue weighted by Crippen LogP contribution is 2.18. The molecule has 0 amide bonds. The second-order valence-electron chi connectivity index (χ2n) is 3.47. The summed E-state index contributed by atoms with van der Waals surface area (Å²) in [6.45, 7) is -0.147. The maximum atomic E-state index is 11.9. The Bertz CT molecular complexity index is 324. The number of halogens is 3. The molecule has 0 aliphatic carbocycles. The lowest BCUT2D eigenvalue weighted by Gasteiger charge is -2.14. The Morgan fingerprint density at radius 1 is 1.56 bits per heavy atom. The Balaban J connectivity index is 2.20. The van der Waals surface area contributed by atoms with Crippen LogP contribution < -0.4 is 5.32 Å². The van der Waals surface area contributed by atoms with Crippen molar-refractivity contribution in [3.63, 3.8) is 0 Å². The van der Waals surface area contributed by atoms with Crippen LogP contribution >= 0.6 is 0 Å². The Morgan fingerprint density at radius 3 is 2.75 bits per heavy atom. The van der Waals surface area contributed by atoms with Gasteiger partial charge in [0, 0.05) is 39.0 Å². The van der Waals surface area contributed by atoms with Crippen LogP contribution in [0.25, 0.3) is 0 Å². The van der Waals surface area contributed by atoms with E-state index < -0.39 is 18.8 Å². The van der Waals surface area contributed by atoms with E-state index >= 15 is 0 Å². The zero-order valence-corrected chi connectivity index (χ0v) is 8.83. The van der Waals surface area contributed by atoms with E-state index in [1.165, 1.54) is 0 Å². The number of aliphatic hydroxyl groups is 1. The smallest absolute Gasteiger partial charge is 0.382 e. The molecule has 1 aromatic heterocycles. The van der Waals surface area contributed by atoms with Gasteiger partial charge in [-0.15, -0.1) is 0 Å². The molecule has 0 aromatic carbocycles. The lowest BCUT2D eigenvalue weighted by Crippen LogP contribution is -2.39. The van der Waals surface area contributed by atoms with Crippen molar-refractivity contribution in [2.75, 3.05) is 13.1 Å². The molecule has 0 saturated heterocycles. The molecule has 0 saturated carbocycles. The molecule has 1 heterocycles. The molecule has 4 nitrogen and oxygen atoms in total. The first-order valence-corrected chi connectivity index (χ1v) is 4.83. The fraction of sp³-hybridized carbons (Fsp3) is 0.667. The largest absolute Gasteiger partial charge is 0.415 e. The molecule has 7 heteroatoms. The standard InChI is InChI=1S/C9H14F3N3O/c1-15-5-4-14-8(15)2-3-13-6-7(16)9(10,11)12/h4-5,7,13,16H,2-3,6H2,1H3. The number of hydrogen-bond donors (Lipinski definition) is 2. The monoisotopic (exact) mass is 237 g/mol. The van der Waals surface area contributed by atoms with Crippen LogP contribution in [0, 0.1) is 0 Å². The summed E-state index contributed by atoms with van der Waals surface area (Å²) in [5.41, 5.74) is 0. The zero-order chi connectivity index (χ0) is 12.2. The summed E-state index contributed by atoms with van der Waals surface area (Å²) in [4.78, 5) is 4.02. The predicted octanol–water partition coefficient (Wildman–Crippen LogP) is 0.475. The summed E-state index contributed by atoms with van der Waals surface area (Å²) in [5.74, 6) is 0.786. The van der Waals surface area contributed by atoms with Gasteiger partial charge in [0.2, 0.25) is 0 Å². The first-order valence-electron chi connectivity index (χ1n) is 4.83. The molecule has 16 heavy (non-hydrogen) atoms. The fourth-order valence-electron chi connectivity index (χ4n) is 1.19. The van der Waals surface area contributed by atoms with Gasteiger partial charge in [-0.3, -0.25) is 0 Å². The van der Waals surface area contributed by atoms with Crippen LogP contribution in [0.15, 0.2) is 12.4 Å². The van der Waals surface area contributed by atoms with E-state index in [4.69, 9.17) is 5.11 Å². The van der Waals surface area contributed by atoms with Gasteiger partial charge in [-0.05, 0) is 0 Å². The lowest BCUT2D eigenvalue weighted by atomic mass is 10.3. The molecular formula is C9H14F3N3O. The molecule has 0 radical (unpaired) electrons. The number of alkyl halides is 3. The zero-order valence-electron chi connectivity index (χ0n) is 8.83. The number of aryl methyl sites for hydroxylation is 1. The summed E-state index contributed by atoms with van der Waals surface area (Å²) in [7, 11) is 1.81. The second-order valence-corrected chi connectivity index (χ2v) is 3.47. The molecule has 0 bridgehead atoms. The van der Waals surface area contributed by atoms with Gasteiger partial charge in [-0.1, -0.05) is 0 Å². The van der Waals surface area contributed by atoms with Gasteiger partial charge < -0.3 is 15.0 Å². The minimum Gasteiger partial charge on any atom is -0.382 e. The molecule has 2 N–H and O–H groups in total. The quantitative estimate of drug-likeness (QED) is 0.732. The van der Waals surface area contributed by atoms with Crippen molar-refractivity contribution >= 4 is 0 Å². The van der Waals surface area contributed by atoms with Crippen molar-refractivity contribution < 1.29 is 18.3 Å². The van der Waals surface area contributed by atoms with Gasteiger partial charge in [0.15, 0.2) is 6.10 Å². The van der Waals surface area contributed by atoms with E-state index in [0.29, 0.717) is 13.0 Å². The highest BCUT2D eigenvalue weighted by Gasteiger charge is 2.37. The number of nitrogens with zero attached hydrogens (tertiary/aromatic N) is 2. The summed E-state index contributed by atoms with van der Waals surface area (Å²) in [5, 5.41) is 11.2. The summed E-state index contributed by atoms with van der Waals surface area (Å²) < 4.78 is 37.5. The van der Waals surface area contributed by atoms with Crippen LogP contribution in [0.3, 0.4) is 0 Å². The van der Waals surface area contributed by atoms with E-state index in [2.05, 4.69) is 10.3 Å². The second kappa shape index (κ2) is 5.31. The van der Waals surface area contributed by atoms with Crippen molar-refractivity contribution in [3.8, 4) is 0 Å². The number of rotatable bonds is 5. The molecule has 0 fully saturated rings. The first-order chi connectivity index (χ1) is 7.41. The molecule has 1 aromatic rings. The van der Waals surface area contributed by atoms with Crippen LogP contribution in [0.1, 0.15) is 5.82 Å². The summed E-state index contributed by atoms with van der Waals surface area (Å²) in [6.07, 6.45) is -2.96. The topological polar surface area (TPSA) is 50.1 Å². The average molecular weight is 237 g/mol. The van der Waals surface area contributed by atoms with Crippen molar-refractivity contribution in [2.24, 2.45) is 7.05 Å². The Labute approximate surface area is 91.1 Å². The predicted molar refractivity (Wildman–Crippen MR) is 51.8 cm³/mol. The van der Waals surface area contributed by atoms with Crippen LogP contribution in [-0.2, 0) is 13.5 Å². The molecule has 92 valence electrons. The molecule has 1 atom stereocenters. The minimum absolute atomic E-state index is 0.345. The Hall–Kier alpha value is -1.08. The molecule has 0 aliphatic heterocycles. The minimum atomic E-state index is -4.56. The van der Waals surface area contributed by atoms with Crippen LogP contribution in [0.2, 0.25) is 0 Å². The number of aliphatic hydroxyl groups excluding tert-OH is 1. The third-order valence-electron chi connectivity index (χ3n) is 2.16. The number of hydrogen-bond acceptors (Lipinski definition) is 3. The molecular weight excluding hydrogens is 223 g/mol. The summed E-state index contributed by atoms with van der Waals surface area (Å²) >= 11 is 0. The SMILES string of the molecule is Cn1ccnc1CCNCC(O)C(F)(F)F. The van der Waals surface area contributed by atoms with E-state index in [-0.39, 0.29) is 0 Å². The Morgan fingerprint density at radius 2 is 2.25 bits per heavy atom. The van der Waals surface area contributed by atoms with Crippen molar-refractivity contribution in [2.45, 2.75) is 18.7 Å². The third kappa shape index (κ3) is 3.82. The highest BCUT2D eigenvalue weighted by atomic mass is 19.4. The van der Waals surface area contributed by atoms with E-state index in [1.807, 2.05) is 7.05 Å². The Kier molecular flexibility index (Phi) is 4.31. The van der Waals surface area contributed by atoms with Gasteiger partial charge in [-0.25, -0.2) is 4.98 Å². The number of nitrogens with one attached hydrogen (secondary N) is 1. The lowest BCUT2D eigenvalue weighted by molar-refractivity contribution is -0.201. The maximum Gasteiger partial charge on any atom is 0.415 e. The van der Waals surface area contributed by atoms with Crippen molar-refractivity contribution in [3.05, 3.63) is 18.2 Å². The van der Waals surface area contributed by atoms with Gasteiger partial charge >= 0.3 is 6.18 Å². The molecule has 1 rings (SSSR count). The first kappa shape index (κ1) is 13.0. The van der Waals surface area contributed by atoms with Crippen LogP contribution in [-0.4, -0.2) is 40.0 Å². The molecule has 0 spiro atoms. The van der Waals surface area contributed by atoms with E-state index in [1.54, 1.807) is 17.0 Å². The highest BCUT2D eigenvalue weighted by molar-refractivity contribution is 4.91. The third-order valence-corrected chi connectivity index (χ3v) is 2.16. The average Bonchev–Trinajstić information content (AvgIpc) is 2.57. The van der Waals surface area contributed by atoms with Gasteiger partial charge in [0.05, 0.1) is 0 Å². The van der Waals surface area contributed by atoms with Gasteiger partial charge in [0.25, 0.3) is 0 Å². The normalized spacial score (nSPS) is 14.1. The van der Waals surface area contributed by atoms with E-state index in [9.17, 15) is 13.2 Å². The number of imidazole rings is 1. The number of aromatic nitrogens is 2.